The standard InChI is InChI=1S/C13H12FN3O2/c1-19-12-7-6-11(16-17-12)13(18)15-8-9-4-2-3-5-10(9)14/h2-7H,8H2,1H3,(H,15,18). The van der Waals surface area contributed by atoms with E-state index in [1.807, 2.05) is 0 Å². The average Bonchev–Trinajstić information content (AvgIpc) is 2.46. The molecule has 0 fully saturated rings. The van der Waals surface area contributed by atoms with Crippen molar-refractivity contribution in [2.75, 3.05) is 7.11 Å². The van der Waals surface area contributed by atoms with Gasteiger partial charge < -0.3 is 10.1 Å². The van der Waals surface area contributed by atoms with E-state index in [1.165, 1.54) is 25.3 Å². The molecule has 0 aliphatic heterocycles. The Hall–Kier alpha value is -2.50. The number of carbonyl (C=O) groups excluding carboxylic acids is 1. The highest BCUT2D eigenvalue weighted by molar-refractivity contribution is 5.92. The van der Waals surface area contributed by atoms with E-state index in [2.05, 4.69) is 15.5 Å². The van der Waals surface area contributed by atoms with Gasteiger partial charge in [-0.3, -0.25) is 4.79 Å². The summed E-state index contributed by atoms with van der Waals surface area (Å²) >= 11 is 0. The molecule has 98 valence electrons. The van der Waals surface area contributed by atoms with E-state index in [4.69, 9.17) is 4.74 Å². The summed E-state index contributed by atoms with van der Waals surface area (Å²) in [5.41, 5.74) is 0.564. The number of amides is 1. The summed E-state index contributed by atoms with van der Waals surface area (Å²) in [6, 6.07) is 9.27. The van der Waals surface area contributed by atoms with Crippen molar-refractivity contribution in [3.8, 4) is 5.88 Å². The topological polar surface area (TPSA) is 64.1 Å². The van der Waals surface area contributed by atoms with Gasteiger partial charge in [-0.15, -0.1) is 10.2 Å². The van der Waals surface area contributed by atoms with Crippen molar-refractivity contribution in [3.05, 3.63) is 53.5 Å². The van der Waals surface area contributed by atoms with Crippen LogP contribution in [0.15, 0.2) is 36.4 Å². The van der Waals surface area contributed by atoms with Gasteiger partial charge in [0.2, 0.25) is 5.88 Å². The number of rotatable bonds is 4. The van der Waals surface area contributed by atoms with Crippen molar-refractivity contribution in [3.63, 3.8) is 0 Å². The molecule has 0 spiro atoms. The fourth-order valence-corrected chi connectivity index (χ4v) is 1.46. The molecule has 1 amide bonds. The molecule has 19 heavy (non-hydrogen) atoms. The number of aromatic nitrogens is 2. The second-order valence-electron chi connectivity index (χ2n) is 3.74. The van der Waals surface area contributed by atoms with Gasteiger partial charge in [-0.25, -0.2) is 4.39 Å². The van der Waals surface area contributed by atoms with Gasteiger partial charge in [0.1, 0.15) is 5.82 Å². The molecule has 0 aliphatic carbocycles. The summed E-state index contributed by atoms with van der Waals surface area (Å²) in [6.07, 6.45) is 0. The van der Waals surface area contributed by atoms with Gasteiger partial charge in [0.05, 0.1) is 7.11 Å². The number of methoxy groups -OCH3 is 1. The van der Waals surface area contributed by atoms with Gasteiger partial charge in [-0.1, -0.05) is 18.2 Å². The lowest BCUT2D eigenvalue weighted by Gasteiger charge is -2.05. The SMILES string of the molecule is COc1ccc(C(=O)NCc2ccccc2F)nn1. The first-order valence-corrected chi connectivity index (χ1v) is 5.60. The molecule has 1 heterocycles. The molecule has 0 aliphatic rings. The van der Waals surface area contributed by atoms with Crippen LogP contribution in [0.3, 0.4) is 0 Å². The predicted molar refractivity (Wildman–Crippen MR) is 66.2 cm³/mol. The van der Waals surface area contributed by atoms with Crippen LogP contribution in [0.25, 0.3) is 0 Å². The molecule has 6 heteroatoms. The fraction of sp³-hybridized carbons (Fsp3) is 0.154. The van der Waals surface area contributed by atoms with Crippen LogP contribution in [0.4, 0.5) is 4.39 Å². The first-order chi connectivity index (χ1) is 9.20. The van der Waals surface area contributed by atoms with E-state index >= 15 is 0 Å². The minimum Gasteiger partial charge on any atom is -0.480 e. The molecule has 0 bridgehead atoms. The minimum atomic E-state index is -0.418. The molecule has 0 unspecified atom stereocenters. The summed E-state index contributed by atoms with van der Waals surface area (Å²) in [5, 5.41) is 9.96. The summed E-state index contributed by atoms with van der Waals surface area (Å²) < 4.78 is 18.2. The Bertz CT molecular complexity index is 572. The van der Waals surface area contributed by atoms with Crippen LogP contribution in [0, 0.1) is 5.82 Å². The van der Waals surface area contributed by atoms with Crippen molar-refractivity contribution in [2.45, 2.75) is 6.54 Å². The Morgan fingerprint density at radius 3 is 2.68 bits per heavy atom. The Balaban J connectivity index is 1.99. The van der Waals surface area contributed by atoms with Crippen LogP contribution < -0.4 is 10.1 Å². The van der Waals surface area contributed by atoms with Gasteiger partial charge >= 0.3 is 0 Å². The van der Waals surface area contributed by atoms with Crippen molar-refractivity contribution in [1.82, 2.24) is 15.5 Å². The zero-order chi connectivity index (χ0) is 13.7. The molecule has 2 aromatic rings. The van der Waals surface area contributed by atoms with Crippen LogP contribution in [0.1, 0.15) is 16.1 Å². The van der Waals surface area contributed by atoms with E-state index in [0.29, 0.717) is 11.4 Å². The zero-order valence-corrected chi connectivity index (χ0v) is 10.3. The van der Waals surface area contributed by atoms with E-state index in [9.17, 15) is 9.18 Å². The molecule has 5 nitrogen and oxygen atoms in total. The third-order valence-corrected chi connectivity index (χ3v) is 2.48. The van der Waals surface area contributed by atoms with Crippen molar-refractivity contribution in [1.29, 1.82) is 0 Å². The maximum atomic E-state index is 13.3. The Kier molecular flexibility index (Phi) is 4.02. The normalized spacial score (nSPS) is 10.0. The zero-order valence-electron chi connectivity index (χ0n) is 10.3. The quantitative estimate of drug-likeness (QED) is 0.907. The Labute approximate surface area is 109 Å². The lowest BCUT2D eigenvalue weighted by Crippen LogP contribution is -2.24. The number of nitrogens with zero attached hydrogens (tertiary/aromatic N) is 2. The molecule has 0 atom stereocenters. The molecule has 1 aromatic heterocycles. The van der Waals surface area contributed by atoms with Gasteiger partial charge in [0, 0.05) is 18.2 Å². The first kappa shape index (κ1) is 12.9. The third kappa shape index (κ3) is 3.25. The number of hydrogen-bond donors (Lipinski definition) is 1. The second-order valence-corrected chi connectivity index (χ2v) is 3.74. The Morgan fingerprint density at radius 1 is 1.26 bits per heavy atom. The third-order valence-electron chi connectivity index (χ3n) is 2.48. The number of carbonyl (C=O) groups is 1. The van der Waals surface area contributed by atoms with Crippen LogP contribution in [-0.4, -0.2) is 23.2 Å². The summed E-state index contributed by atoms with van der Waals surface area (Å²) in [7, 11) is 1.46. The first-order valence-electron chi connectivity index (χ1n) is 5.60. The molecular weight excluding hydrogens is 249 g/mol. The molecule has 1 aromatic carbocycles. The van der Waals surface area contributed by atoms with Gasteiger partial charge in [-0.2, -0.15) is 0 Å². The van der Waals surface area contributed by atoms with Gasteiger partial charge in [0.25, 0.3) is 5.91 Å². The van der Waals surface area contributed by atoms with E-state index in [0.717, 1.165) is 0 Å². The number of hydrogen-bond acceptors (Lipinski definition) is 4. The van der Waals surface area contributed by atoms with E-state index < -0.39 is 5.91 Å². The largest absolute Gasteiger partial charge is 0.480 e. The highest BCUT2D eigenvalue weighted by atomic mass is 19.1. The van der Waals surface area contributed by atoms with Gasteiger partial charge in [0.15, 0.2) is 5.69 Å². The van der Waals surface area contributed by atoms with E-state index in [-0.39, 0.29) is 18.1 Å². The lowest BCUT2D eigenvalue weighted by atomic mass is 10.2. The van der Waals surface area contributed by atoms with Crippen LogP contribution >= 0.6 is 0 Å². The molecular formula is C13H12FN3O2. The summed E-state index contributed by atoms with van der Waals surface area (Å²) in [5.74, 6) is -0.451. The predicted octanol–water partition coefficient (Wildman–Crippen LogP) is 1.55. The van der Waals surface area contributed by atoms with Crippen molar-refractivity contribution < 1.29 is 13.9 Å². The monoisotopic (exact) mass is 261 g/mol. The van der Waals surface area contributed by atoms with Crippen LogP contribution in [-0.2, 0) is 6.54 Å². The number of halogens is 1. The molecule has 0 radical (unpaired) electrons. The Morgan fingerprint density at radius 2 is 2.05 bits per heavy atom. The average molecular weight is 261 g/mol. The fourth-order valence-electron chi connectivity index (χ4n) is 1.46. The summed E-state index contributed by atoms with van der Waals surface area (Å²) in [4.78, 5) is 11.8. The molecule has 0 saturated carbocycles. The van der Waals surface area contributed by atoms with Crippen molar-refractivity contribution >= 4 is 5.91 Å². The number of benzene rings is 1. The smallest absolute Gasteiger partial charge is 0.272 e. The molecule has 1 N–H and O–H groups in total. The minimum absolute atomic E-state index is 0.0964. The number of ether oxygens (including phenoxy) is 1. The van der Waals surface area contributed by atoms with Crippen LogP contribution in [0.5, 0.6) is 5.88 Å². The van der Waals surface area contributed by atoms with Crippen molar-refractivity contribution in [2.24, 2.45) is 0 Å². The highest BCUT2D eigenvalue weighted by Crippen LogP contribution is 2.07. The van der Waals surface area contributed by atoms with Crippen LogP contribution in [0.2, 0.25) is 0 Å². The molecule has 0 saturated heterocycles. The second kappa shape index (κ2) is 5.90. The van der Waals surface area contributed by atoms with E-state index in [1.54, 1.807) is 18.2 Å². The maximum absolute atomic E-state index is 13.3. The summed E-state index contributed by atoms with van der Waals surface area (Å²) in [6.45, 7) is 0.0964. The maximum Gasteiger partial charge on any atom is 0.272 e. The molecule has 2 rings (SSSR count). The number of nitrogens with one attached hydrogen (secondary N) is 1. The highest BCUT2D eigenvalue weighted by Gasteiger charge is 2.09. The van der Waals surface area contributed by atoms with Gasteiger partial charge in [-0.05, 0) is 12.1 Å². The lowest BCUT2D eigenvalue weighted by molar-refractivity contribution is 0.0944.